The summed E-state index contributed by atoms with van der Waals surface area (Å²) >= 11 is 0. The molecular formula is C15H11FN4. The van der Waals surface area contributed by atoms with Gasteiger partial charge in [0.15, 0.2) is 0 Å². The zero-order chi connectivity index (χ0) is 14.3. The lowest BCUT2D eigenvalue weighted by molar-refractivity contribution is 0.619. The van der Waals surface area contributed by atoms with Crippen LogP contribution in [-0.2, 0) is 0 Å². The fraction of sp³-hybridized carbons (Fsp3) is 0.0667. The van der Waals surface area contributed by atoms with Crippen LogP contribution < -0.4 is 5.73 Å². The van der Waals surface area contributed by atoms with Crippen molar-refractivity contribution < 1.29 is 4.39 Å². The van der Waals surface area contributed by atoms with Gasteiger partial charge in [0.1, 0.15) is 17.4 Å². The van der Waals surface area contributed by atoms with E-state index in [0.29, 0.717) is 22.3 Å². The third kappa shape index (κ3) is 1.70. The van der Waals surface area contributed by atoms with E-state index in [1.165, 1.54) is 10.6 Å². The topological polar surface area (TPSA) is 67.6 Å². The number of imidazole rings is 1. The van der Waals surface area contributed by atoms with E-state index in [1.54, 1.807) is 30.3 Å². The van der Waals surface area contributed by atoms with Crippen molar-refractivity contribution in [3.8, 4) is 11.8 Å². The highest BCUT2D eigenvalue weighted by atomic mass is 19.1. The Morgan fingerprint density at radius 1 is 1.30 bits per heavy atom. The molecule has 0 amide bonds. The highest BCUT2D eigenvalue weighted by Crippen LogP contribution is 2.27. The van der Waals surface area contributed by atoms with Crippen molar-refractivity contribution in [2.75, 3.05) is 5.73 Å². The van der Waals surface area contributed by atoms with Crippen molar-refractivity contribution in [3.63, 3.8) is 0 Å². The zero-order valence-corrected chi connectivity index (χ0v) is 10.8. The summed E-state index contributed by atoms with van der Waals surface area (Å²) < 4.78 is 15.6. The number of anilines is 1. The summed E-state index contributed by atoms with van der Waals surface area (Å²) in [6.07, 6.45) is 0. The Bertz CT molecular complexity index is 858. The molecule has 0 saturated carbocycles. The maximum absolute atomic E-state index is 14.1. The molecule has 3 rings (SSSR count). The number of nitrogen functional groups attached to an aromatic ring is 1. The number of nitrogens with two attached hydrogens (primary N) is 1. The van der Waals surface area contributed by atoms with Gasteiger partial charge in [0, 0.05) is 0 Å². The van der Waals surface area contributed by atoms with E-state index in [2.05, 4.69) is 11.1 Å². The molecule has 5 heteroatoms. The molecule has 0 aliphatic heterocycles. The van der Waals surface area contributed by atoms with Crippen LogP contribution in [-0.4, -0.2) is 9.55 Å². The second-order valence-electron chi connectivity index (χ2n) is 4.55. The quantitative estimate of drug-likeness (QED) is 0.736. The van der Waals surface area contributed by atoms with E-state index in [4.69, 9.17) is 11.0 Å². The van der Waals surface area contributed by atoms with E-state index < -0.39 is 0 Å². The number of hydrogen-bond donors (Lipinski definition) is 1. The van der Waals surface area contributed by atoms with E-state index >= 15 is 0 Å². The van der Waals surface area contributed by atoms with Gasteiger partial charge in [-0.25, -0.2) is 9.37 Å². The average Bonchev–Trinajstić information content (AvgIpc) is 2.77. The minimum Gasteiger partial charge on any atom is -0.369 e. The van der Waals surface area contributed by atoms with Crippen LogP contribution in [0.1, 0.15) is 11.1 Å². The summed E-state index contributed by atoms with van der Waals surface area (Å²) in [6.45, 7) is 1.87. The number of hydrogen-bond acceptors (Lipinski definition) is 3. The number of aryl methyl sites for hydroxylation is 1. The predicted molar refractivity (Wildman–Crippen MR) is 74.9 cm³/mol. The highest BCUT2D eigenvalue weighted by molar-refractivity contribution is 5.85. The molecule has 0 spiro atoms. The number of aromatic nitrogens is 2. The molecule has 20 heavy (non-hydrogen) atoms. The second kappa shape index (κ2) is 4.35. The molecule has 1 aromatic heterocycles. The van der Waals surface area contributed by atoms with Crippen molar-refractivity contribution in [3.05, 3.63) is 53.3 Å². The van der Waals surface area contributed by atoms with Gasteiger partial charge in [0.2, 0.25) is 5.95 Å². The maximum atomic E-state index is 14.1. The van der Waals surface area contributed by atoms with Gasteiger partial charge in [-0.05, 0) is 36.8 Å². The molecule has 2 aromatic carbocycles. The molecule has 1 heterocycles. The van der Waals surface area contributed by atoms with Gasteiger partial charge in [-0.3, -0.25) is 4.57 Å². The Kier molecular flexibility index (Phi) is 2.65. The van der Waals surface area contributed by atoms with E-state index in [-0.39, 0.29) is 11.8 Å². The van der Waals surface area contributed by atoms with Crippen LogP contribution in [0.5, 0.6) is 0 Å². The number of nitriles is 1. The number of nitrogens with zero attached hydrogens (tertiary/aromatic N) is 3. The van der Waals surface area contributed by atoms with Gasteiger partial charge >= 0.3 is 0 Å². The van der Waals surface area contributed by atoms with E-state index in [9.17, 15) is 4.39 Å². The average molecular weight is 266 g/mol. The van der Waals surface area contributed by atoms with Gasteiger partial charge in [-0.15, -0.1) is 0 Å². The van der Waals surface area contributed by atoms with Crippen LogP contribution in [0.25, 0.3) is 16.7 Å². The minimum absolute atomic E-state index is 0.159. The molecule has 0 unspecified atom stereocenters. The smallest absolute Gasteiger partial charge is 0.206 e. The third-order valence-corrected chi connectivity index (χ3v) is 3.17. The van der Waals surface area contributed by atoms with E-state index in [1.807, 2.05) is 6.92 Å². The van der Waals surface area contributed by atoms with Crippen molar-refractivity contribution >= 4 is 17.0 Å². The SMILES string of the molecule is Cc1ccc(F)c(-n2c(N)nc3c(C#N)cccc32)c1. The lowest BCUT2D eigenvalue weighted by atomic mass is 10.2. The molecule has 3 aromatic rings. The van der Waals surface area contributed by atoms with Gasteiger partial charge in [-0.2, -0.15) is 5.26 Å². The molecule has 0 aliphatic rings. The first kappa shape index (κ1) is 12.2. The number of halogens is 1. The van der Waals surface area contributed by atoms with Crippen molar-refractivity contribution in [1.29, 1.82) is 5.26 Å². The van der Waals surface area contributed by atoms with Crippen molar-refractivity contribution in [2.24, 2.45) is 0 Å². The summed E-state index contributed by atoms with van der Waals surface area (Å²) in [4.78, 5) is 4.18. The van der Waals surface area contributed by atoms with Crippen LogP contribution in [0.15, 0.2) is 36.4 Å². The van der Waals surface area contributed by atoms with Crippen LogP contribution in [0.2, 0.25) is 0 Å². The first-order valence-electron chi connectivity index (χ1n) is 6.05. The van der Waals surface area contributed by atoms with Crippen LogP contribution in [0.3, 0.4) is 0 Å². The molecule has 0 fully saturated rings. The van der Waals surface area contributed by atoms with Crippen LogP contribution in [0, 0.1) is 24.1 Å². The number of fused-ring (bicyclic) bond motifs is 1. The fourth-order valence-corrected chi connectivity index (χ4v) is 2.25. The minimum atomic E-state index is -0.385. The Morgan fingerprint density at radius 3 is 2.85 bits per heavy atom. The Hall–Kier alpha value is -2.87. The molecule has 0 radical (unpaired) electrons. The van der Waals surface area contributed by atoms with Gasteiger partial charge in [0.05, 0.1) is 16.8 Å². The predicted octanol–water partition coefficient (Wildman–Crippen LogP) is 2.93. The van der Waals surface area contributed by atoms with E-state index in [0.717, 1.165) is 5.56 Å². The van der Waals surface area contributed by atoms with Gasteiger partial charge in [0.25, 0.3) is 0 Å². The van der Waals surface area contributed by atoms with Crippen molar-refractivity contribution in [1.82, 2.24) is 9.55 Å². The maximum Gasteiger partial charge on any atom is 0.206 e. The standard InChI is InChI=1S/C15H11FN4/c1-9-5-6-11(16)13(7-9)20-12-4-2-3-10(8-17)14(12)19-15(20)18/h2-7H,1H3,(H2,18,19). The first-order valence-corrected chi connectivity index (χ1v) is 6.05. The summed E-state index contributed by atoms with van der Waals surface area (Å²) in [7, 11) is 0. The lowest BCUT2D eigenvalue weighted by Gasteiger charge is -2.08. The fourth-order valence-electron chi connectivity index (χ4n) is 2.25. The van der Waals surface area contributed by atoms with Crippen molar-refractivity contribution in [2.45, 2.75) is 6.92 Å². The molecule has 0 atom stereocenters. The number of benzene rings is 2. The number of para-hydroxylation sites is 1. The summed E-state index contributed by atoms with van der Waals surface area (Å²) in [5.41, 5.74) is 8.67. The first-order chi connectivity index (χ1) is 9.61. The van der Waals surface area contributed by atoms with Crippen LogP contribution in [0.4, 0.5) is 10.3 Å². The normalized spacial score (nSPS) is 10.7. The van der Waals surface area contributed by atoms with Crippen LogP contribution >= 0.6 is 0 Å². The Morgan fingerprint density at radius 2 is 2.10 bits per heavy atom. The largest absolute Gasteiger partial charge is 0.369 e. The molecule has 98 valence electrons. The van der Waals surface area contributed by atoms with Gasteiger partial charge < -0.3 is 5.73 Å². The molecule has 0 aliphatic carbocycles. The second-order valence-corrected chi connectivity index (χ2v) is 4.55. The Balaban J connectivity index is 2.40. The molecular weight excluding hydrogens is 255 g/mol. The highest BCUT2D eigenvalue weighted by Gasteiger charge is 2.15. The molecule has 2 N–H and O–H groups in total. The Labute approximate surface area is 114 Å². The number of rotatable bonds is 1. The molecule has 0 saturated heterocycles. The molecule has 4 nitrogen and oxygen atoms in total. The third-order valence-electron chi connectivity index (χ3n) is 3.17. The summed E-state index contributed by atoms with van der Waals surface area (Å²) in [6, 6.07) is 12.0. The lowest BCUT2D eigenvalue weighted by Crippen LogP contribution is -2.03. The molecule has 0 bridgehead atoms. The summed E-state index contributed by atoms with van der Waals surface area (Å²) in [5, 5.41) is 9.09. The zero-order valence-electron chi connectivity index (χ0n) is 10.8. The summed E-state index contributed by atoms with van der Waals surface area (Å²) in [5.74, 6) is -0.226. The van der Waals surface area contributed by atoms with Gasteiger partial charge in [-0.1, -0.05) is 12.1 Å². The monoisotopic (exact) mass is 266 g/mol.